The van der Waals surface area contributed by atoms with Crippen molar-refractivity contribution >= 4 is 0 Å². The van der Waals surface area contributed by atoms with Crippen LogP contribution in [0.1, 0.15) is 24.9 Å². The van der Waals surface area contributed by atoms with Crippen molar-refractivity contribution in [2.24, 2.45) is 11.7 Å². The highest BCUT2D eigenvalue weighted by Gasteiger charge is 2.27. The fraction of sp³-hybridized carbons (Fsp3) is 0.625. The second-order valence-corrected chi connectivity index (χ2v) is 5.87. The fourth-order valence-corrected chi connectivity index (χ4v) is 2.94. The van der Waals surface area contributed by atoms with E-state index in [1.54, 1.807) is 0 Å². The molecule has 1 aliphatic rings. The van der Waals surface area contributed by atoms with Gasteiger partial charge >= 0.3 is 0 Å². The van der Waals surface area contributed by atoms with Crippen LogP contribution in [-0.4, -0.2) is 49.6 Å². The van der Waals surface area contributed by atoms with Gasteiger partial charge < -0.3 is 10.6 Å². The molecular weight excluding hydrogens is 234 g/mol. The molecule has 1 aliphatic heterocycles. The van der Waals surface area contributed by atoms with E-state index in [9.17, 15) is 0 Å². The first-order valence-electron chi connectivity index (χ1n) is 7.38. The molecule has 19 heavy (non-hydrogen) atoms. The largest absolute Gasteiger partial charge is 0.330 e. The van der Waals surface area contributed by atoms with Crippen molar-refractivity contribution in [3.63, 3.8) is 0 Å². The maximum Gasteiger partial charge on any atom is 0.0475 e. The first-order valence-corrected chi connectivity index (χ1v) is 7.38. The maximum absolute atomic E-state index is 5.68. The number of rotatable bonds is 5. The smallest absolute Gasteiger partial charge is 0.0475 e. The van der Waals surface area contributed by atoms with Crippen LogP contribution in [0.3, 0.4) is 0 Å². The highest BCUT2D eigenvalue weighted by Crippen LogP contribution is 2.25. The van der Waals surface area contributed by atoms with E-state index in [1.807, 2.05) is 0 Å². The monoisotopic (exact) mass is 261 g/mol. The van der Waals surface area contributed by atoms with Crippen molar-refractivity contribution < 1.29 is 0 Å². The predicted molar refractivity (Wildman–Crippen MR) is 81.1 cm³/mol. The molecule has 0 aliphatic carbocycles. The summed E-state index contributed by atoms with van der Waals surface area (Å²) < 4.78 is 0. The maximum atomic E-state index is 5.68. The number of hydrogen-bond acceptors (Lipinski definition) is 3. The molecule has 3 heteroatoms. The summed E-state index contributed by atoms with van der Waals surface area (Å²) in [5, 5.41) is 0. The summed E-state index contributed by atoms with van der Waals surface area (Å²) in [5.41, 5.74) is 7.11. The van der Waals surface area contributed by atoms with Gasteiger partial charge in [0.2, 0.25) is 0 Å². The van der Waals surface area contributed by atoms with E-state index in [2.05, 4.69) is 54.1 Å². The van der Waals surface area contributed by atoms with E-state index >= 15 is 0 Å². The molecule has 0 amide bonds. The molecule has 106 valence electrons. The van der Waals surface area contributed by atoms with Crippen molar-refractivity contribution in [2.45, 2.75) is 19.4 Å². The summed E-state index contributed by atoms with van der Waals surface area (Å²) in [4.78, 5) is 5.07. The van der Waals surface area contributed by atoms with Crippen LogP contribution in [0.25, 0.3) is 0 Å². The van der Waals surface area contributed by atoms with E-state index in [1.165, 1.54) is 12.1 Å². The van der Waals surface area contributed by atoms with Crippen LogP contribution in [0.2, 0.25) is 0 Å². The molecular formula is C16H27N3. The summed E-state index contributed by atoms with van der Waals surface area (Å²) in [5.74, 6) is 0.680. The van der Waals surface area contributed by atoms with Crippen molar-refractivity contribution in [3.05, 3.63) is 35.9 Å². The van der Waals surface area contributed by atoms with Gasteiger partial charge in [0.25, 0.3) is 0 Å². The summed E-state index contributed by atoms with van der Waals surface area (Å²) >= 11 is 0. The average Bonchev–Trinajstić information content (AvgIpc) is 2.42. The van der Waals surface area contributed by atoms with Gasteiger partial charge in [-0.3, -0.25) is 4.90 Å². The second kappa shape index (κ2) is 7.04. The van der Waals surface area contributed by atoms with Crippen molar-refractivity contribution in [2.75, 3.05) is 39.8 Å². The Morgan fingerprint density at radius 1 is 1.26 bits per heavy atom. The van der Waals surface area contributed by atoms with Gasteiger partial charge in [-0.25, -0.2) is 0 Å². The summed E-state index contributed by atoms with van der Waals surface area (Å²) in [7, 11) is 2.22. The van der Waals surface area contributed by atoms with Crippen LogP contribution in [0.4, 0.5) is 0 Å². The van der Waals surface area contributed by atoms with Gasteiger partial charge in [0.05, 0.1) is 0 Å². The van der Waals surface area contributed by atoms with E-state index in [4.69, 9.17) is 5.73 Å². The third kappa shape index (κ3) is 4.03. The number of nitrogens with zero attached hydrogens (tertiary/aromatic N) is 2. The Balaban J connectivity index is 2.06. The molecule has 0 aromatic heterocycles. The molecule has 0 spiro atoms. The molecule has 2 atom stereocenters. The minimum atomic E-state index is 0.528. The van der Waals surface area contributed by atoms with Gasteiger partial charge in [0, 0.05) is 32.2 Å². The third-order valence-corrected chi connectivity index (χ3v) is 4.08. The van der Waals surface area contributed by atoms with Crippen LogP contribution in [0.15, 0.2) is 30.3 Å². The van der Waals surface area contributed by atoms with Crippen LogP contribution < -0.4 is 5.73 Å². The lowest BCUT2D eigenvalue weighted by atomic mass is 9.99. The molecule has 2 N–H and O–H groups in total. The van der Waals surface area contributed by atoms with E-state index < -0.39 is 0 Å². The van der Waals surface area contributed by atoms with Gasteiger partial charge in [-0.15, -0.1) is 0 Å². The van der Waals surface area contributed by atoms with Gasteiger partial charge in [0.1, 0.15) is 0 Å². The zero-order valence-electron chi connectivity index (χ0n) is 12.3. The third-order valence-electron chi connectivity index (χ3n) is 4.08. The number of benzene rings is 1. The van der Waals surface area contributed by atoms with Crippen LogP contribution in [0.5, 0.6) is 0 Å². The summed E-state index contributed by atoms with van der Waals surface area (Å²) in [6.07, 6.45) is 1.12. The Morgan fingerprint density at radius 2 is 2.00 bits per heavy atom. The number of likely N-dealkylation sites (N-methyl/N-ethyl adjacent to an activating group) is 1. The van der Waals surface area contributed by atoms with Gasteiger partial charge in [-0.05, 0) is 31.5 Å². The van der Waals surface area contributed by atoms with Crippen molar-refractivity contribution in [3.8, 4) is 0 Å². The highest BCUT2D eigenvalue weighted by atomic mass is 15.3. The molecule has 0 radical (unpaired) electrons. The number of nitrogens with two attached hydrogens (primary N) is 1. The van der Waals surface area contributed by atoms with Crippen molar-refractivity contribution in [1.29, 1.82) is 0 Å². The Kier molecular flexibility index (Phi) is 5.37. The first-order chi connectivity index (χ1) is 9.20. The molecule has 1 aromatic carbocycles. The molecule has 1 saturated heterocycles. The van der Waals surface area contributed by atoms with Crippen molar-refractivity contribution in [1.82, 2.24) is 9.80 Å². The number of piperazine rings is 1. The standard InChI is InChI=1S/C16H27N3/c1-14(8-9-17)12-19-11-10-18(2)13-16(19)15-6-4-3-5-7-15/h3-7,14,16H,8-13,17H2,1-2H3. The Hall–Kier alpha value is -0.900. The lowest BCUT2D eigenvalue weighted by molar-refractivity contribution is 0.0764. The minimum Gasteiger partial charge on any atom is -0.330 e. The Morgan fingerprint density at radius 3 is 2.68 bits per heavy atom. The molecule has 1 fully saturated rings. The topological polar surface area (TPSA) is 32.5 Å². The number of hydrogen-bond donors (Lipinski definition) is 1. The van der Waals surface area contributed by atoms with E-state index in [0.29, 0.717) is 12.0 Å². The Bertz CT molecular complexity index is 366. The summed E-state index contributed by atoms with van der Waals surface area (Å²) in [6.45, 7) is 7.71. The molecule has 1 aromatic rings. The first kappa shape index (κ1) is 14.5. The molecule has 1 heterocycles. The van der Waals surface area contributed by atoms with E-state index in [0.717, 1.165) is 32.6 Å². The fourth-order valence-electron chi connectivity index (χ4n) is 2.94. The second-order valence-electron chi connectivity index (χ2n) is 5.87. The zero-order chi connectivity index (χ0) is 13.7. The van der Waals surface area contributed by atoms with Crippen LogP contribution in [-0.2, 0) is 0 Å². The molecule has 3 nitrogen and oxygen atoms in total. The van der Waals surface area contributed by atoms with E-state index in [-0.39, 0.29) is 0 Å². The molecule has 0 bridgehead atoms. The molecule has 2 rings (SSSR count). The lowest BCUT2D eigenvalue weighted by Gasteiger charge is -2.41. The van der Waals surface area contributed by atoms with Gasteiger partial charge in [-0.1, -0.05) is 37.3 Å². The van der Waals surface area contributed by atoms with Crippen LogP contribution in [0, 0.1) is 5.92 Å². The lowest BCUT2D eigenvalue weighted by Crippen LogP contribution is -2.48. The summed E-state index contributed by atoms with van der Waals surface area (Å²) in [6, 6.07) is 11.4. The van der Waals surface area contributed by atoms with Crippen LogP contribution >= 0.6 is 0 Å². The zero-order valence-corrected chi connectivity index (χ0v) is 12.3. The normalized spacial score (nSPS) is 23.4. The minimum absolute atomic E-state index is 0.528. The molecule has 2 unspecified atom stereocenters. The van der Waals surface area contributed by atoms with Gasteiger partial charge in [0.15, 0.2) is 0 Å². The quantitative estimate of drug-likeness (QED) is 0.879. The van der Waals surface area contributed by atoms with Gasteiger partial charge in [-0.2, -0.15) is 0 Å². The average molecular weight is 261 g/mol. The Labute approximate surface area is 117 Å². The SMILES string of the molecule is CC(CCN)CN1CCN(C)CC1c1ccccc1. The predicted octanol–water partition coefficient (Wildman–Crippen LogP) is 1.96. The molecule has 0 saturated carbocycles. The highest BCUT2D eigenvalue weighted by molar-refractivity contribution is 5.20.